The fourth-order valence-electron chi connectivity index (χ4n) is 3.10. The van der Waals surface area contributed by atoms with E-state index in [0.717, 1.165) is 43.0 Å². The molecule has 0 spiro atoms. The lowest BCUT2D eigenvalue weighted by atomic mass is 10.1. The van der Waals surface area contributed by atoms with Crippen molar-refractivity contribution in [1.29, 1.82) is 0 Å². The standard InChI is InChI=1S/C19H23FN4O2S/c1-19(2-3-19)26-17-9-13(16(21)11-15(17)20)8-14-10-18(23-12-22-14)24-4-6-27(25)7-5-24/h9-12H,2-8,21H2,1H3. The van der Waals surface area contributed by atoms with E-state index in [2.05, 4.69) is 14.9 Å². The van der Waals surface area contributed by atoms with E-state index in [1.54, 1.807) is 6.07 Å². The highest BCUT2D eigenvalue weighted by molar-refractivity contribution is 7.85. The van der Waals surface area contributed by atoms with E-state index >= 15 is 0 Å². The summed E-state index contributed by atoms with van der Waals surface area (Å²) in [6.07, 6.45) is 3.86. The van der Waals surface area contributed by atoms with Gasteiger partial charge in [0.25, 0.3) is 0 Å². The molecule has 1 saturated carbocycles. The van der Waals surface area contributed by atoms with E-state index in [9.17, 15) is 8.60 Å². The maximum atomic E-state index is 14.2. The summed E-state index contributed by atoms with van der Waals surface area (Å²) in [4.78, 5) is 10.8. The Balaban J connectivity index is 1.54. The quantitative estimate of drug-likeness (QED) is 0.789. The topological polar surface area (TPSA) is 81.3 Å². The highest BCUT2D eigenvalue weighted by atomic mass is 32.2. The molecule has 1 saturated heterocycles. The predicted octanol–water partition coefficient (Wildman–Crippen LogP) is 2.29. The van der Waals surface area contributed by atoms with Gasteiger partial charge in [-0.05, 0) is 31.4 Å². The van der Waals surface area contributed by atoms with Crippen molar-refractivity contribution in [2.45, 2.75) is 31.8 Å². The zero-order valence-electron chi connectivity index (χ0n) is 15.3. The van der Waals surface area contributed by atoms with Gasteiger partial charge in [0.2, 0.25) is 0 Å². The fraction of sp³-hybridized carbons (Fsp3) is 0.474. The lowest BCUT2D eigenvalue weighted by molar-refractivity contribution is 0.191. The summed E-state index contributed by atoms with van der Waals surface area (Å²) in [5, 5.41) is 0. The third kappa shape index (κ3) is 4.21. The van der Waals surface area contributed by atoms with Crippen LogP contribution >= 0.6 is 0 Å². The molecule has 0 amide bonds. The molecule has 2 heterocycles. The number of rotatable bonds is 5. The third-order valence-electron chi connectivity index (χ3n) is 5.09. The SMILES string of the molecule is CC1(Oc2cc(Cc3cc(N4CCS(=O)CC4)ncn3)c(N)cc2F)CC1. The van der Waals surface area contributed by atoms with Gasteiger partial charge in [0, 0.05) is 59.6 Å². The molecule has 0 unspecified atom stereocenters. The van der Waals surface area contributed by atoms with E-state index < -0.39 is 16.6 Å². The number of halogens is 1. The van der Waals surface area contributed by atoms with Crippen LogP contribution in [0, 0.1) is 5.82 Å². The summed E-state index contributed by atoms with van der Waals surface area (Å²) in [6, 6.07) is 4.91. The van der Waals surface area contributed by atoms with E-state index in [0.29, 0.717) is 23.6 Å². The van der Waals surface area contributed by atoms with Crippen molar-refractivity contribution >= 4 is 22.3 Å². The molecule has 144 valence electrons. The van der Waals surface area contributed by atoms with Crippen LogP contribution in [0.1, 0.15) is 31.0 Å². The maximum Gasteiger partial charge on any atom is 0.167 e. The first-order chi connectivity index (χ1) is 12.9. The lowest BCUT2D eigenvalue weighted by Crippen LogP contribution is -2.38. The monoisotopic (exact) mass is 390 g/mol. The van der Waals surface area contributed by atoms with E-state index in [1.165, 1.54) is 12.4 Å². The largest absolute Gasteiger partial charge is 0.484 e. The number of benzene rings is 1. The first-order valence-electron chi connectivity index (χ1n) is 9.10. The number of aromatic nitrogens is 2. The Labute approximate surface area is 160 Å². The Kier molecular flexibility index (Phi) is 4.75. The molecule has 27 heavy (non-hydrogen) atoms. The molecule has 1 aliphatic carbocycles. The Morgan fingerprint density at radius 3 is 2.70 bits per heavy atom. The van der Waals surface area contributed by atoms with Gasteiger partial charge in [0.05, 0.1) is 5.69 Å². The van der Waals surface area contributed by atoms with E-state index in [-0.39, 0.29) is 11.4 Å². The Morgan fingerprint density at radius 2 is 2.00 bits per heavy atom. The summed E-state index contributed by atoms with van der Waals surface area (Å²) in [6.45, 7) is 3.42. The zero-order chi connectivity index (χ0) is 19.0. The van der Waals surface area contributed by atoms with Crippen LogP contribution in [0.25, 0.3) is 0 Å². The van der Waals surface area contributed by atoms with Crippen LogP contribution in [0.15, 0.2) is 24.5 Å². The van der Waals surface area contributed by atoms with Crippen molar-refractivity contribution in [2.75, 3.05) is 35.2 Å². The van der Waals surface area contributed by atoms with E-state index in [4.69, 9.17) is 10.5 Å². The van der Waals surface area contributed by atoms with Gasteiger partial charge in [-0.2, -0.15) is 0 Å². The van der Waals surface area contributed by atoms with Crippen LogP contribution in [0.2, 0.25) is 0 Å². The summed E-state index contributed by atoms with van der Waals surface area (Å²) < 4.78 is 31.6. The molecule has 0 radical (unpaired) electrons. The number of nitrogens with zero attached hydrogens (tertiary/aromatic N) is 3. The summed E-state index contributed by atoms with van der Waals surface area (Å²) in [5.41, 5.74) is 7.73. The molecule has 2 N–H and O–H groups in total. The molecule has 0 bridgehead atoms. The second-order valence-electron chi connectivity index (χ2n) is 7.41. The third-order valence-corrected chi connectivity index (χ3v) is 6.36. The van der Waals surface area contributed by atoms with Gasteiger partial charge in [-0.3, -0.25) is 4.21 Å². The van der Waals surface area contributed by atoms with Crippen molar-refractivity contribution in [3.8, 4) is 5.75 Å². The normalized spacial score (nSPS) is 19.1. The van der Waals surface area contributed by atoms with Gasteiger partial charge in [-0.1, -0.05) is 0 Å². The van der Waals surface area contributed by atoms with Crippen molar-refractivity contribution in [3.05, 3.63) is 41.6 Å². The van der Waals surface area contributed by atoms with E-state index in [1.807, 2.05) is 13.0 Å². The molecule has 8 heteroatoms. The Morgan fingerprint density at radius 1 is 1.26 bits per heavy atom. The minimum absolute atomic E-state index is 0.243. The van der Waals surface area contributed by atoms with Crippen LogP contribution in [0.3, 0.4) is 0 Å². The Hall–Kier alpha value is -2.22. The highest BCUT2D eigenvalue weighted by Crippen LogP contribution is 2.41. The second kappa shape index (κ2) is 7.07. The molecule has 6 nitrogen and oxygen atoms in total. The Bertz CT molecular complexity index is 878. The summed E-state index contributed by atoms with van der Waals surface area (Å²) in [7, 11) is -0.734. The zero-order valence-corrected chi connectivity index (χ0v) is 16.1. The summed E-state index contributed by atoms with van der Waals surface area (Å²) in [5.74, 6) is 1.94. The lowest BCUT2D eigenvalue weighted by Gasteiger charge is -2.27. The molecule has 2 aliphatic rings. The molecule has 1 aromatic carbocycles. The number of hydrogen-bond donors (Lipinski definition) is 1. The maximum absolute atomic E-state index is 14.2. The van der Waals surface area contributed by atoms with Gasteiger partial charge < -0.3 is 15.4 Å². The molecule has 0 atom stereocenters. The average Bonchev–Trinajstić information content (AvgIpc) is 3.37. The molecule has 2 fully saturated rings. The van der Waals surface area contributed by atoms with Crippen LogP contribution in [-0.2, 0) is 17.2 Å². The number of nitrogen functional groups attached to an aromatic ring is 1. The van der Waals surface area contributed by atoms with Gasteiger partial charge in [0.1, 0.15) is 17.7 Å². The van der Waals surface area contributed by atoms with Crippen molar-refractivity contribution in [1.82, 2.24) is 9.97 Å². The predicted molar refractivity (Wildman–Crippen MR) is 104 cm³/mol. The molecule has 2 aromatic rings. The van der Waals surface area contributed by atoms with Gasteiger partial charge in [-0.15, -0.1) is 0 Å². The van der Waals surface area contributed by atoms with Crippen LogP contribution in [0.4, 0.5) is 15.9 Å². The molecular formula is C19H23FN4O2S. The van der Waals surface area contributed by atoms with Crippen molar-refractivity contribution < 1.29 is 13.3 Å². The van der Waals surface area contributed by atoms with Crippen molar-refractivity contribution in [3.63, 3.8) is 0 Å². The number of ether oxygens (including phenoxy) is 1. The average molecular weight is 390 g/mol. The highest BCUT2D eigenvalue weighted by Gasteiger charge is 2.40. The molecular weight excluding hydrogens is 367 g/mol. The smallest absolute Gasteiger partial charge is 0.167 e. The first-order valence-corrected chi connectivity index (χ1v) is 10.6. The number of anilines is 2. The minimum atomic E-state index is -0.734. The molecule has 4 rings (SSSR count). The van der Waals surface area contributed by atoms with Gasteiger partial charge in [0.15, 0.2) is 11.6 Å². The van der Waals surface area contributed by atoms with Gasteiger partial charge >= 0.3 is 0 Å². The minimum Gasteiger partial charge on any atom is -0.484 e. The number of nitrogens with two attached hydrogens (primary N) is 1. The van der Waals surface area contributed by atoms with Gasteiger partial charge in [-0.25, -0.2) is 14.4 Å². The molecule has 1 aromatic heterocycles. The van der Waals surface area contributed by atoms with Crippen molar-refractivity contribution in [2.24, 2.45) is 0 Å². The summed E-state index contributed by atoms with van der Waals surface area (Å²) >= 11 is 0. The van der Waals surface area contributed by atoms with Crippen LogP contribution in [0.5, 0.6) is 5.75 Å². The first kappa shape index (κ1) is 18.2. The van der Waals surface area contributed by atoms with Crippen LogP contribution < -0.4 is 15.4 Å². The fourth-order valence-corrected chi connectivity index (χ4v) is 4.16. The van der Waals surface area contributed by atoms with Crippen LogP contribution in [-0.4, -0.2) is 44.4 Å². The molecule has 1 aliphatic heterocycles. The second-order valence-corrected chi connectivity index (χ2v) is 9.11. The number of hydrogen-bond acceptors (Lipinski definition) is 6.